The number of nitrogens with zero attached hydrogens (tertiary/aromatic N) is 5. The second-order valence-electron chi connectivity index (χ2n) is 7.55. The first-order chi connectivity index (χ1) is 15.4. The number of carbonyl (C=O) groups excluding carboxylic acids is 1. The maximum atomic E-state index is 14.2. The van der Waals surface area contributed by atoms with E-state index in [2.05, 4.69) is 10.2 Å². The zero-order chi connectivity index (χ0) is 22.7. The van der Waals surface area contributed by atoms with Crippen LogP contribution in [-0.4, -0.2) is 37.4 Å². The molecule has 0 spiro atoms. The molecule has 0 aliphatic heterocycles. The lowest BCUT2D eigenvalue weighted by atomic mass is 10.2. The highest BCUT2D eigenvalue weighted by Gasteiger charge is 2.20. The predicted octanol–water partition coefficient (Wildman–Crippen LogP) is 3.20. The van der Waals surface area contributed by atoms with Gasteiger partial charge in [-0.05, 0) is 24.6 Å². The van der Waals surface area contributed by atoms with Crippen molar-refractivity contribution in [3.05, 3.63) is 112 Å². The number of rotatable bonds is 6. The summed E-state index contributed by atoms with van der Waals surface area (Å²) in [6.45, 7) is 2.51. The average molecular weight is 431 g/mol. The zero-order valence-corrected chi connectivity index (χ0v) is 17.8. The number of aromatic nitrogens is 4. The maximum Gasteiger partial charge on any atom is 0.278 e. The summed E-state index contributed by atoms with van der Waals surface area (Å²) in [5.41, 5.74) is 1.76. The molecule has 0 fully saturated rings. The summed E-state index contributed by atoms with van der Waals surface area (Å²) < 4.78 is 17.3. The van der Waals surface area contributed by atoms with E-state index < -0.39 is 17.2 Å². The molecule has 0 saturated heterocycles. The number of carbonyl (C=O) groups is 1. The van der Waals surface area contributed by atoms with Crippen molar-refractivity contribution in [3.63, 3.8) is 0 Å². The van der Waals surface area contributed by atoms with Crippen LogP contribution in [0, 0.1) is 12.7 Å². The van der Waals surface area contributed by atoms with Gasteiger partial charge in [-0.3, -0.25) is 14.3 Å². The highest BCUT2D eigenvalue weighted by atomic mass is 19.1. The third-order valence-corrected chi connectivity index (χ3v) is 5.03. The topological polar surface area (TPSA) is 73.0 Å². The van der Waals surface area contributed by atoms with Gasteiger partial charge in [0.1, 0.15) is 11.5 Å². The molecule has 0 saturated carbocycles. The molecule has 0 aliphatic rings. The molecule has 32 heavy (non-hydrogen) atoms. The Morgan fingerprint density at radius 2 is 1.78 bits per heavy atom. The van der Waals surface area contributed by atoms with Gasteiger partial charge in [-0.2, -0.15) is 10.2 Å². The van der Waals surface area contributed by atoms with Crippen LogP contribution in [-0.2, 0) is 13.1 Å². The van der Waals surface area contributed by atoms with Crippen molar-refractivity contribution < 1.29 is 9.18 Å². The Balaban J connectivity index is 1.54. The van der Waals surface area contributed by atoms with Crippen molar-refractivity contribution >= 4 is 5.91 Å². The van der Waals surface area contributed by atoms with Crippen LogP contribution >= 0.6 is 0 Å². The Labute approximate surface area is 184 Å². The summed E-state index contributed by atoms with van der Waals surface area (Å²) >= 11 is 0. The van der Waals surface area contributed by atoms with Crippen LogP contribution in [0.15, 0.2) is 77.9 Å². The van der Waals surface area contributed by atoms with Crippen molar-refractivity contribution in [2.45, 2.75) is 20.0 Å². The van der Waals surface area contributed by atoms with Crippen LogP contribution in [0.3, 0.4) is 0 Å². The summed E-state index contributed by atoms with van der Waals surface area (Å²) in [5, 5.41) is 8.52. The van der Waals surface area contributed by atoms with Crippen molar-refractivity contribution in [2.24, 2.45) is 0 Å². The molecule has 2 aromatic carbocycles. The lowest BCUT2D eigenvalue weighted by Gasteiger charge is -2.17. The van der Waals surface area contributed by atoms with Crippen molar-refractivity contribution in [2.75, 3.05) is 7.05 Å². The van der Waals surface area contributed by atoms with E-state index in [9.17, 15) is 14.0 Å². The van der Waals surface area contributed by atoms with E-state index in [1.54, 1.807) is 43.0 Å². The van der Waals surface area contributed by atoms with Gasteiger partial charge in [-0.15, -0.1) is 0 Å². The number of halogens is 1. The second-order valence-corrected chi connectivity index (χ2v) is 7.55. The Bertz CT molecular complexity index is 1310. The minimum atomic E-state index is -0.545. The predicted molar refractivity (Wildman–Crippen MR) is 118 cm³/mol. The third kappa shape index (κ3) is 4.49. The Morgan fingerprint density at radius 3 is 2.53 bits per heavy atom. The molecule has 0 unspecified atom stereocenters. The van der Waals surface area contributed by atoms with E-state index in [1.807, 2.05) is 36.5 Å². The number of aryl methyl sites for hydroxylation is 1. The Hall–Kier alpha value is -4.07. The van der Waals surface area contributed by atoms with Gasteiger partial charge >= 0.3 is 0 Å². The molecule has 0 atom stereocenters. The van der Waals surface area contributed by atoms with E-state index in [1.165, 1.54) is 21.7 Å². The zero-order valence-electron chi connectivity index (χ0n) is 17.8. The van der Waals surface area contributed by atoms with Gasteiger partial charge in [0, 0.05) is 37.1 Å². The summed E-state index contributed by atoms with van der Waals surface area (Å²) in [7, 11) is 1.59. The fourth-order valence-electron chi connectivity index (χ4n) is 3.43. The SMILES string of the molecule is Cc1cc(=O)c(C(=O)N(C)Cc2cnn(Cc3ccccc3)c2)nn1-c1ccccc1F. The molecule has 0 aliphatic carbocycles. The minimum absolute atomic E-state index is 0.170. The minimum Gasteiger partial charge on any atom is -0.336 e. The molecular formula is C24H22FN5O2. The summed E-state index contributed by atoms with van der Waals surface area (Å²) in [4.78, 5) is 26.9. The van der Waals surface area contributed by atoms with Gasteiger partial charge < -0.3 is 4.90 Å². The van der Waals surface area contributed by atoms with E-state index in [0.717, 1.165) is 11.1 Å². The molecular weight excluding hydrogens is 409 g/mol. The molecule has 0 radical (unpaired) electrons. The summed E-state index contributed by atoms with van der Waals surface area (Å²) in [6.07, 6.45) is 3.55. The summed E-state index contributed by atoms with van der Waals surface area (Å²) in [6, 6.07) is 17.3. The van der Waals surface area contributed by atoms with Crippen molar-refractivity contribution in [1.29, 1.82) is 0 Å². The van der Waals surface area contributed by atoms with Crippen LogP contribution in [0.1, 0.15) is 27.3 Å². The van der Waals surface area contributed by atoms with E-state index in [4.69, 9.17) is 0 Å². The molecule has 2 heterocycles. The first-order valence-corrected chi connectivity index (χ1v) is 10.1. The molecule has 4 aromatic rings. The fourth-order valence-corrected chi connectivity index (χ4v) is 3.43. The Morgan fingerprint density at radius 1 is 1.06 bits per heavy atom. The smallest absolute Gasteiger partial charge is 0.278 e. The molecule has 1 amide bonds. The number of para-hydroxylation sites is 1. The van der Waals surface area contributed by atoms with Crippen LogP contribution in [0.5, 0.6) is 0 Å². The number of amides is 1. The van der Waals surface area contributed by atoms with Gasteiger partial charge in [0.05, 0.1) is 12.7 Å². The monoisotopic (exact) mass is 431 g/mol. The molecule has 0 bridgehead atoms. The van der Waals surface area contributed by atoms with Gasteiger partial charge in [0.15, 0.2) is 5.69 Å². The van der Waals surface area contributed by atoms with Crippen LogP contribution in [0.25, 0.3) is 5.69 Å². The standard InChI is InChI=1S/C24H22FN5O2/c1-17-12-22(31)23(27-30(17)21-11-7-6-10-20(21)25)24(32)28(2)14-19-13-26-29(16-19)15-18-8-4-3-5-9-18/h3-13,16H,14-15H2,1-2H3. The van der Waals surface area contributed by atoms with Gasteiger partial charge in [0.2, 0.25) is 5.43 Å². The largest absolute Gasteiger partial charge is 0.336 e. The van der Waals surface area contributed by atoms with Crippen molar-refractivity contribution in [1.82, 2.24) is 24.5 Å². The number of hydrogen-bond acceptors (Lipinski definition) is 4. The first-order valence-electron chi connectivity index (χ1n) is 10.1. The van der Waals surface area contributed by atoms with E-state index in [-0.39, 0.29) is 17.9 Å². The normalized spacial score (nSPS) is 10.8. The molecule has 7 nitrogen and oxygen atoms in total. The molecule has 162 valence electrons. The molecule has 0 N–H and O–H groups in total. The van der Waals surface area contributed by atoms with E-state index in [0.29, 0.717) is 12.2 Å². The molecule has 8 heteroatoms. The Kier molecular flexibility index (Phi) is 5.93. The maximum absolute atomic E-state index is 14.2. The van der Waals surface area contributed by atoms with Gasteiger partial charge in [-0.1, -0.05) is 42.5 Å². The van der Waals surface area contributed by atoms with E-state index >= 15 is 0 Å². The number of benzene rings is 2. The van der Waals surface area contributed by atoms with Gasteiger partial charge in [0.25, 0.3) is 5.91 Å². The summed E-state index contributed by atoms with van der Waals surface area (Å²) in [5.74, 6) is -1.04. The van der Waals surface area contributed by atoms with Crippen molar-refractivity contribution in [3.8, 4) is 5.69 Å². The van der Waals surface area contributed by atoms with Crippen LogP contribution < -0.4 is 5.43 Å². The molecule has 2 aromatic heterocycles. The second kappa shape index (κ2) is 8.97. The number of hydrogen-bond donors (Lipinski definition) is 0. The average Bonchev–Trinajstić information content (AvgIpc) is 3.21. The fraction of sp³-hybridized carbons (Fsp3) is 0.167. The highest BCUT2D eigenvalue weighted by molar-refractivity contribution is 5.91. The quantitative estimate of drug-likeness (QED) is 0.470. The van der Waals surface area contributed by atoms with Gasteiger partial charge in [-0.25, -0.2) is 9.07 Å². The molecule has 4 rings (SSSR count). The lowest BCUT2D eigenvalue weighted by molar-refractivity contribution is 0.0775. The highest BCUT2D eigenvalue weighted by Crippen LogP contribution is 2.14. The third-order valence-electron chi connectivity index (χ3n) is 5.03. The van der Waals surface area contributed by atoms with Crippen LogP contribution in [0.2, 0.25) is 0 Å². The first kappa shape index (κ1) is 21.2. The lowest BCUT2D eigenvalue weighted by Crippen LogP contribution is -2.33. The van der Waals surface area contributed by atoms with Crippen LogP contribution in [0.4, 0.5) is 4.39 Å².